The van der Waals surface area contributed by atoms with E-state index in [0.717, 1.165) is 5.56 Å². The number of amides is 1. The number of hydrogen-bond acceptors (Lipinski definition) is 4. The van der Waals surface area contributed by atoms with Gasteiger partial charge in [-0.2, -0.15) is 0 Å². The molecule has 0 aromatic heterocycles. The number of halogens is 2. The van der Waals surface area contributed by atoms with Crippen molar-refractivity contribution in [3.8, 4) is 0 Å². The molecule has 4 unspecified atom stereocenters. The molecule has 7 heteroatoms. The van der Waals surface area contributed by atoms with E-state index in [9.17, 15) is 14.4 Å². The van der Waals surface area contributed by atoms with Gasteiger partial charge in [0, 0.05) is 22.1 Å². The van der Waals surface area contributed by atoms with Crippen molar-refractivity contribution in [1.82, 2.24) is 4.90 Å². The average Bonchev–Trinajstić information content (AvgIpc) is 3.27. The number of hydrogen-bond donors (Lipinski definition) is 0. The van der Waals surface area contributed by atoms with Gasteiger partial charge in [-0.3, -0.25) is 9.59 Å². The summed E-state index contributed by atoms with van der Waals surface area (Å²) >= 11 is 12.8. The molecule has 0 N–H and O–H groups in total. The number of rotatable bonds is 6. The van der Waals surface area contributed by atoms with Crippen molar-refractivity contribution in [3.05, 3.63) is 106 Å². The number of ether oxygens (including phenoxy) is 1. The maximum absolute atomic E-state index is 14.5. The molecular formula is C31H31Cl2NO4. The van der Waals surface area contributed by atoms with Gasteiger partial charge in [0.2, 0.25) is 0 Å². The van der Waals surface area contributed by atoms with Crippen LogP contribution < -0.4 is 0 Å². The third-order valence-corrected chi connectivity index (χ3v) is 7.65. The highest BCUT2D eigenvalue weighted by molar-refractivity contribution is 6.36. The van der Waals surface area contributed by atoms with Crippen LogP contribution in [0.1, 0.15) is 60.0 Å². The fourth-order valence-corrected chi connectivity index (χ4v) is 5.97. The Labute approximate surface area is 233 Å². The first-order valence-corrected chi connectivity index (χ1v) is 13.4. The first-order chi connectivity index (χ1) is 18.1. The number of esters is 1. The van der Waals surface area contributed by atoms with E-state index >= 15 is 0 Å². The number of carbonyl (C=O) groups excluding carboxylic acids is 3. The van der Waals surface area contributed by atoms with Gasteiger partial charge in [0.1, 0.15) is 6.04 Å². The summed E-state index contributed by atoms with van der Waals surface area (Å²) in [7, 11) is 0. The van der Waals surface area contributed by atoms with E-state index in [2.05, 4.69) is 0 Å². The molecule has 0 saturated carbocycles. The molecule has 4 rings (SSSR count). The lowest BCUT2D eigenvalue weighted by molar-refractivity contribution is -0.150. The summed E-state index contributed by atoms with van der Waals surface area (Å²) in [5.41, 5.74) is 0.858. The Hall–Kier alpha value is -3.15. The molecule has 1 aliphatic heterocycles. The van der Waals surface area contributed by atoms with Crippen molar-refractivity contribution in [3.63, 3.8) is 0 Å². The molecule has 1 saturated heterocycles. The Morgan fingerprint density at radius 1 is 0.895 bits per heavy atom. The van der Waals surface area contributed by atoms with Crippen LogP contribution in [-0.4, -0.2) is 35.2 Å². The monoisotopic (exact) mass is 551 g/mol. The van der Waals surface area contributed by atoms with Crippen LogP contribution in [0.4, 0.5) is 0 Å². The van der Waals surface area contributed by atoms with Crippen molar-refractivity contribution in [2.45, 2.75) is 39.8 Å². The number of Topliss-reactive ketones (excluding diaryl/α,β-unsaturated/α-hetero) is 1. The lowest BCUT2D eigenvalue weighted by Crippen LogP contribution is -2.48. The fourth-order valence-electron chi connectivity index (χ4n) is 5.58. The summed E-state index contributed by atoms with van der Waals surface area (Å²) in [4.78, 5) is 43.9. The first kappa shape index (κ1) is 27.9. The number of nitrogens with zero attached hydrogens (tertiary/aromatic N) is 1. The molecule has 1 fully saturated rings. The SMILES string of the molecule is CCOC(=O)C1C(C(C)(C)C)C(C(=O)c2cc(Cl)ccc2Cl)C(c2ccccc2)N1C(=O)c1ccccc1. The second-order valence-corrected chi connectivity index (χ2v) is 11.4. The lowest BCUT2D eigenvalue weighted by Gasteiger charge is -2.35. The summed E-state index contributed by atoms with van der Waals surface area (Å²) in [5, 5.41) is 0.637. The van der Waals surface area contributed by atoms with Crippen molar-refractivity contribution >= 4 is 40.9 Å². The minimum Gasteiger partial charge on any atom is -0.464 e. The van der Waals surface area contributed by atoms with E-state index in [1.165, 1.54) is 0 Å². The smallest absolute Gasteiger partial charge is 0.329 e. The standard InChI is InChI=1S/C31H31Cl2NO4/c1-5-38-30(37)27-25(31(2,3)4)24(28(35)22-18-21(32)16-17-23(22)33)26(19-12-8-6-9-13-19)34(27)29(36)20-14-10-7-11-15-20/h6-18,24-27H,5H2,1-4H3. The van der Waals surface area contributed by atoms with E-state index in [0.29, 0.717) is 10.6 Å². The Bertz CT molecular complexity index is 1320. The highest BCUT2D eigenvalue weighted by Crippen LogP contribution is 2.54. The summed E-state index contributed by atoms with van der Waals surface area (Å²) in [6, 6.07) is 21.2. The van der Waals surface area contributed by atoms with E-state index in [1.54, 1.807) is 54.3 Å². The van der Waals surface area contributed by atoms with Crippen LogP contribution in [-0.2, 0) is 9.53 Å². The Kier molecular flexibility index (Phi) is 8.29. The zero-order chi connectivity index (χ0) is 27.6. The molecule has 0 spiro atoms. The molecule has 38 heavy (non-hydrogen) atoms. The van der Waals surface area contributed by atoms with Crippen LogP contribution in [0, 0.1) is 17.3 Å². The largest absolute Gasteiger partial charge is 0.464 e. The molecule has 4 atom stereocenters. The molecule has 1 heterocycles. The Morgan fingerprint density at radius 3 is 2.08 bits per heavy atom. The Morgan fingerprint density at radius 2 is 1.50 bits per heavy atom. The van der Waals surface area contributed by atoms with Crippen LogP contribution >= 0.6 is 23.2 Å². The maximum Gasteiger partial charge on any atom is 0.329 e. The van der Waals surface area contributed by atoms with E-state index < -0.39 is 35.3 Å². The normalized spacial score (nSPS) is 21.3. The number of likely N-dealkylation sites (tertiary alicyclic amines) is 1. The first-order valence-electron chi connectivity index (χ1n) is 12.6. The highest BCUT2D eigenvalue weighted by atomic mass is 35.5. The van der Waals surface area contributed by atoms with Gasteiger partial charge in [-0.05, 0) is 48.2 Å². The molecule has 0 bridgehead atoms. The maximum atomic E-state index is 14.5. The summed E-state index contributed by atoms with van der Waals surface area (Å²) < 4.78 is 5.54. The minimum absolute atomic E-state index is 0.147. The number of carbonyl (C=O) groups is 3. The lowest BCUT2D eigenvalue weighted by atomic mass is 9.67. The third-order valence-electron chi connectivity index (χ3n) is 7.09. The van der Waals surface area contributed by atoms with Crippen LogP contribution in [0.5, 0.6) is 0 Å². The molecule has 3 aromatic rings. The second kappa shape index (κ2) is 11.3. The van der Waals surface area contributed by atoms with Gasteiger partial charge in [0.15, 0.2) is 5.78 Å². The van der Waals surface area contributed by atoms with Crippen LogP contribution in [0.3, 0.4) is 0 Å². The third kappa shape index (κ3) is 5.36. The molecule has 3 aromatic carbocycles. The van der Waals surface area contributed by atoms with Gasteiger partial charge in [-0.1, -0.05) is 92.5 Å². The Balaban J connectivity index is 2.01. The predicted octanol–water partition coefficient (Wildman–Crippen LogP) is 7.28. The average molecular weight is 552 g/mol. The zero-order valence-corrected chi connectivity index (χ0v) is 23.4. The summed E-state index contributed by atoms with van der Waals surface area (Å²) in [5.74, 6) is -2.54. The number of benzene rings is 3. The summed E-state index contributed by atoms with van der Waals surface area (Å²) in [6.45, 7) is 7.80. The molecular weight excluding hydrogens is 521 g/mol. The van der Waals surface area contributed by atoms with Crippen LogP contribution in [0.25, 0.3) is 0 Å². The molecule has 0 radical (unpaired) electrons. The summed E-state index contributed by atoms with van der Waals surface area (Å²) in [6.07, 6.45) is 0. The fraction of sp³-hybridized carbons (Fsp3) is 0.323. The molecule has 5 nitrogen and oxygen atoms in total. The van der Waals surface area contributed by atoms with Gasteiger partial charge in [0.05, 0.1) is 23.6 Å². The quantitative estimate of drug-likeness (QED) is 0.238. The molecule has 198 valence electrons. The molecule has 1 aliphatic rings. The highest BCUT2D eigenvalue weighted by Gasteiger charge is 2.60. The van der Waals surface area contributed by atoms with Gasteiger partial charge in [-0.25, -0.2) is 4.79 Å². The van der Waals surface area contributed by atoms with Gasteiger partial charge >= 0.3 is 5.97 Å². The second-order valence-electron chi connectivity index (χ2n) is 10.5. The van der Waals surface area contributed by atoms with Crippen LogP contribution in [0.15, 0.2) is 78.9 Å². The zero-order valence-electron chi connectivity index (χ0n) is 21.9. The molecule has 1 amide bonds. The van der Waals surface area contributed by atoms with E-state index in [-0.39, 0.29) is 28.9 Å². The van der Waals surface area contributed by atoms with Crippen LogP contribution in [0.2, 0.25) is 10.0 Å². The van der Waals surface area contributed by atoms with Gasteiger partial charge in [0.25, 0.3) is 5.91 Å². The van der Waals surface area contributed by atoms with E-state index in [4.69, 9.17) is 27.9 Å². The molecule has 0 aliphatic carbocycles. The topological polar surface area (TPSA) is 63.7 Å². The van der Waals surface area contributed by atoms with Gasteiger partial charge < -0.3 is 9.64 Å². The van der Waals surface area contributed by atoms with Crippen molar-refractivity contribution < 1.29 is 19.1 Å². The van der Waals surface area contributed by atoms with E-state index in [1.807, 2.05) is 57.2 Å². The van der Waals surface area contributed by atoms with Crippen molar-refractivity contribution in [1.29, 1.82) is 0 Å². The van der Waals surface area contributed by atoms with Crippen molar-refractivity contribution in [2.24, 2.45) is 17.3 Å². The minimum atomic E-state index is -1.00. The van der Waals surface area contributed by atoms with Gasteiger partial charge in [-0.15, -0.1) is 0 Å². The predicted molar refractivity (Wildman–Crippen MR) is 149 cm³/mol. The van der Waals surface area contributed by atoms with Crippen molar-refractivity contribution in [2.75, 3.05) is 6.61 Å². The number of ketones is 1.